The molecule has 0 aliphatic rings. The van der Waals surface area contributed by atoms with Gasteiger partial charge in [0.1, 0.15) is 0 Å². The Morgan fingerprint density at radius 3 is 0.833 bits per heavy atom. The molecule has 6 heavy (non-hydrogen) atoms. The average Bonchev–Trinajstić information content (AvgIpc) is 1.81. The molecule has 0 aliphatic carbocycles. The van der Waals surface area contributed by atoms with Crippen LogP contribution in [0, 0.1) is 0 Å². The van der Waals surface area contributed by atoms with Crippen molar-refractivity contribution in [3.63, 3.8) is 0 Å². The van der Waals surface area contributed by atoms with Gasteiger partial charge in [0.25, 0.3) is 0 Å². The van der Waals surface area contributed by atoms with Gasteiger partial charge in [-0.25, -0.2) is 0 Å². The molecule has 0 saturated heterocycles. The molecule has 0 unspecified atom stereocenters. The molecule has 0 fully saturated rings. The van der Waals surface area contributed by atoms with E-state index in [2.05, 4.69) is 24.6 Å². The van der Waals surface area contributed by atoms with E-state index in [4.69, 9.17) is 0 Å². The standard InChI is InChI=1S/C2H4.2CH5N/c3*1-2/h1-2H2;2*2H2,1H3. The number of hydrogen-bond acceptors (Lipinski definition) is 2. The molecular weight excluding hydrogens is 76.1 g/mol. The molecule has 0 aromatic heterocycles. The van der Waals surface area contributed by atoms with Crippen LogP contribution in [0.15, 0.2) is 13.2 Å². The third kappa shape index (κ3) is 224. The third-order valence-electron chi connectivity index (χ3n) is 0. The van der Waals surface area contributed by atoms with Crippen LogP contribution in [-0.2, 0) is 0 Å². The van der Waals surface area contributed by atoms with Crippen LogP contribution in [0.25, 0.3) is 0 Å². The van der Waals surface area contributed by atoms with Crippen molar-refractivity contribution in [1.29, 1.82) is 0 Å². The van der Waals surface area contributed by atoms with Gasteiger partial charge in [-0.3, -0.25) is 0 Å². The second-order valence-electron chi connectivity index (χ2n) is 0. The molecule has 0 heterocycles. The Morgan fingerprint density at radius 2 is 0.833 bits per heavy atom. The first-order valence-corrected chi connectivity index (χ1v) is 1.65. The van der Waals surface area contributed by atoms with Crippen molar-refractivity contribution in [3.05, 3.63) is 13.2 Å². The van der Waals surface area contributed by atoms with Gasteiger partial charge in [0.15, 0.2) is 0 Å². The van der Waals surface area contributed by atoms with Crippen LogP contribution in [0.1, 0.15) is 0 Å². The first kappa shape index (κ1) is 17.4. The number of hydrogen-bond donors (Lipinski definition) is 2. The van der Waals surface area contributed by atoms with Crippen molar-refractivity contribution in [2.24, 2.45) is 11.5 Å². The van der Waals surface area contributed by atoms with E-state index < -0.39 is 0 Å². The fraction of sp³-hybridized carbons (Fsp3) is 0.500. The molecular formula is C4H14N2. The summed E-state index contributed by atoms with van der Waals surface area (Å²) in [5.41, 5.74) is 9.00. The summed E-state index contributed by atoms with van der Waals surface area (Å²) in [5, 5.41) is 0. The minimum absolute atomic E-state index is 1.50. The minimum Gasteiger partial charge on any atom is -0.333 e. The summed E-state index contributed by atoms with van der Waals surface area (Å²) in [5.74, 6) is 0. The molecule has 0 aromatic rings. The van der Waals surface area contributed by atoms with E-state index in [1.54, 1.807) is 0 Å². The lowest BCUT2D eigenvalue weighted by molar-refractivity contribution is 1.48. The van der Waals surface area contributed by atoms with E-state index in [0.717, 1.165) is 0 Å². The molecule has 0 spiro atoms. The predicted octanol–water partition coefficient (Wildman–Crippen LogP) is -0.0480. The van der Waals surface area contributed by atoms with Gasteiger partial charge >= 0.3 is 0 Å². The van der Waals surface area contributed by atoms with Gasteiger partial charge < -0.3 is 11.5 Å². The largest absolute Gasteiger partial charge is 0.333 e. The maximum atomic E-state index is 4.50. The van der Waals surface area contributed by atoms with Gasteiger partial charge in [-0.05, 0) is 14.1 Å². The summed E-state index contributed by atoms with van der Waals surface area (Å²) in [6.07, 6.45) is 0. The highest BCUT2D eigenvalue weighted by Crippen LogP contribution is 0.862. The second-order valence-corrected chi connectivity index (χ2v) is 0. The van der Waals surface area contributed by atoms with Crippen molar-refractivity contribution in [1.82, 2.24) is 0 Å². The first-order chi connectivity index (χ1) is 3.00. The van der Waals surface area contributed by atoms with Crippen molar-refractivity contribution in [3.8, 4) is 0 Å². The molecule has 0 rings (SSSR count). The topological polar surface area (TPSA) is 52.0 Å². The van der Waals surface area contributed by atoms with Crippen LogP contribution < -0.4 is 11.5 Å². The first-order valence-electron chi connectivity index (χ1n) is 1.65. The highest BCUT2D eigenvalue weighted by molar-refractivity contribution is 4.22. The molecule has 2 nitrogen and oxygen atoms in total. The zero-order valence-electron chi connectivity index (χ0n) is 4.57. The Labute approximate surface area is 39.8 Å². The van der Waals surface area contributed by atoms with Crippen LogP contribution in [-0.4, -0.2) is 14.1 Å². The Balaban J connectivity index is -0.0000000225. The quantitative estimate of drug-likeness (QED) is 0.410. The summed E-state index contributed by atoms with van der Waals surface area (Å²) < 4.78 is 0. The summed E-state index contributed by atoms with van der Waals surface area (Å²) in [4.78, 5) is 0. The maximum absolute atomic E-state index is 4.50. The van der Waals surface area contributed by atoms with Gasteiger partial charge in [-0.15, -0.1) is 13.2 Å². The predicted molar refractivity (Wildman–Crippen MR) is 31.5 cm³/mol. The zero-order valence-corrected chi connectivity index (χ0v) is 4.57. The molecule has 0 saturated carbocycles. The van der Waals surface area contributed by atoms with Gasteiger partial charge in [0.2, 0.25) is 0 Å². The Bertz CT molecular complexity index is 5.51. The molecule has 0 aliphatic heterocycles. The fourth-order valence-corrected chi connectivity index (χ4v) is 0. The number of nitrogens with two attached hydrogens (primary N) is 2. The smallest absolute Gasteiger partial charge is 0.0195 e. The molecule has 0 radical (unpaired) electrons. The minimum atomic E-state index is 1.50. The Morgan fingerprint density at radius 1 is 0.833 bits per heavy atom. The Hall–Kier alpha value is -0.340. The van der Waals surface area contributed by atoms with Crippen LogP contribution >= 0.6 is 0 Å². The molecule has 0 atom stereocenters. The van der Waals surface area contributed by atoms with Crippen LogP contribution in [0.5, 0.6) is 0 Å². The van der Waals surface area contributed by atoms with E-state index in [0.29, 0.717) is 0 Å². The van der Waals surface area contributed by atoms with E-state index in [1.807, 2.05) is 0 Å². The second kappa shape index (κ2) is 540. The molecule has 0 bridgehead atoms. The maximum Gasteiger partial charge on any atom is -0.0195 e. The van der Waals surface area contributed by atoms with Crippen LogP contribution in [0.3, 0.4) is 0 Å². The zero-order chi connectivity index (χ0) is 6.00. The van der Waals surface area contributed by atoms with Crippen LogP contribution in [0.4, 0.5) is 0 Å². The van der Waals surface area contributed by atoms with Crippen molar-refractivity contribution >= 4 is 0 Å². The van der Waals surface area contributed by atoms with Crippen molar-refractivity contribution in [2.75, 3.05) is 14.1 Å². The SMILES string of the molecule is C=C.CN.CN. The van der Waals surface area contributed by atoms with Gasteiger partial charge in [-0.1, -0.05) is 0 Å². The summed E-state index contributed by atoms with van der Waals surface area (Å²) in [6, 6.07) is 0. The summed E-state index contributed by atoms with van der Waals surface area (Å²) >= 11 is 0. The summed E-state index contributed by atoms with van der Waals surface area (Å²) in [6.45, 7) is 6.00. The third-order valence-corrected chi connectivity index (χ3v) is 0. The summed E-state index contributed by atoms with van der Waals surface area (Å²) in [7, 11) is 3.00. The molecule has 0 amide bonds. The van der Waals surface area contributed by atoms with Gasteiger partial charge in [0, 0.05) is 0 Å². The fourth-order valence-electron chi connectivity index (χ4n) is 0. The van der Waals surface area contributed by atoms with E-state index in [-0.39, 0.29) is 0 Å². The lowest BCUT2D eigenvalue weighted by Crippen LogP contribution is -1.69. The molecule has 0 aromatic carbocycles. The average molecular weight is 90.2 g/mol. The highest BCUT2D eigenvalue weighted by Gasteiger charge is 0.838. The molecule has 40 valence electrons. The van der Waals surface area contributed by atoms with Crippen molar-refractivity contribution in [2.45, 2.75) is 0 Å². The molecule has 4 N–H and O–H groups in total. The lowest BCUT2D eigenvalue weighted by atomic mass is 11.3. The van der Waals surface area contributed by atoms with E-state index in [9.17, 15) is 0 Å². The van der Waals surface area contributed by atoms with Gasteiger partial charge in [-0.2, -0.15) is 0 Å². The lowest BCUT2D eigenvalue weighted by Gasteiger charge is -1.19. The highest BCUT2D eigenvalue weighted by atomic mass is 14.4. The molecule has 2 heteroatoms. The van der Waals surface area contributed by atoms with E-state index in [1.165, 1.54) is 14.1 Å². The van der Waals surface area contributed by atoms with Crippen LogP contribution in [0.2, 0.25) is 0 Å². The monoisotopic (exact) mass is 90.1 g/mol. The number of rotatable bonds is 0. The normalized spacial score (nSPS) is 2.67. The Kier molecular flexibility index (Phi) is 1560. The van der Waals surface area contributed by atoms with Crippen molar-refractivity contribution < 1.29 is 0 Å². The van der Waals surface area contributed by atoms with E-state index >= 15 is 0 Å². The van der Waals surface area contributed by atoms with Gasteiger partial charge in [0.05, 0.1) is 0 Å².